The summed E-state index contributed by atoms with van der Waals surface area (Å²) in [4.78, 5) is 8.71. The van der Waals surface area contributed by atoms with Gasteiger partial charge in [-0.3, -0.25) is 9.56 Å². The molecule has 19 heavy (non-hydrogen) atoms. The molecule has 3 N–H and O–H groups in total. The lowest BCUT2D eigenvalue weighted by molar-refractivity contribution is -0.0495. The van der Waals surface area contributed by atoms with Gasteiger partial charge in [-0.2, -0.15) is 0 Å². The second-order valence-electron chi connectivity index (χ2n) is 5.44. The summed E-state index contributed by atoms with van der Waals surface area (Å²) in [5.74, 6) is 0.780. The molecule has 3 rings (SSSR count). The Morgan fingerprint density at radius 2 is 2.37 bits per heavy atom. The van der Waals surface area contributed by atoms with Crippen LogP contribution in [-0.2, 0) is 10.3 Å². The number of hydrogen-bond donors (Lipinski definition) is 3. The van der Waals surface area contributed by atoms with Crippen molar-refractivity contribution in [3.63, 3.8) is 0 Å². The maximum Gasteiger partial charge on any atom is 0.163 e. The maximum atomic E-state index is 10.0. The minimum atomic E-state index is -0.653. The van der Waals surface area contributed by atoms with Gasteiger partial charge in [-0.15, -0.1) is 0 Å². The number of hydrogen-bond acceptors (Lipinski definition) is 6. The molecule has 0 radical (unpaired) electrons. The van der Waals surface area contributed by atoms with E-state index in [-0.39, 0.29) is 12.7 Å². The molecule has 0 aromatic carbocycles. The summed E-state index contributed by atoms with van der Waals surface area (Å²) in [7, 11) is 0. The van der Waals surface area contributed by atoms with Crippen molar-refractivity contribution in [1.29, 1.82) is 0 Å². The third kappa shape index (κ3) is 1.94. The molecule has 0 spiro atoms. The lowest BCUT2D eigenvalue weighted by Gasteiger charge is -2.26. The van der Waals surface area contributed by atoms with E-state index < -0.39 is 17.9 Å². The highest BCUT2D eigenvalue weighted by molar-refractivity contribution is 5.78. The molecule has 0 saturated carbocycles. The van der Waals surface area contributed by atoms with Gasteiger partial charge in [-0.1, -0.05) is 0 Å². The van der Waals surface area contributed by atoms with Crippen LogP contribution >= 0.6 is 0 Å². The highest BCUT2D eigenvalue weighted by Gasteiger charge is 2.38. The smallest absolute Gasteiger partial charge is 0.163 e. The molecule has 2 aliphatic rings. The first kappa shape index (κ1) is 12.6. The largest absolute Gasteiger partial charge is 0.394 e. The summed E-state index contributed by atoms with van der Waals surface area (Å²) >= 11 is 0. The number of ether oxygens (including phenoxy) is 1. The Bertz CT molecular complexity index is 511. The number of imidazole rings is 1. The van der Waals surface area contributed by atoms with E-state index >= 15 is 0 Å². The van der Waals surface area contributed by atoms with E-state index in [4.69, 9.17) is 9.84 Å². The van der Waals surface area contributed by atoms with Crippen molar-refractivity contribution in [3.8, 4) is 0 Å². The normalized spacial score (nSPS) is 32.1. The van der Waals surface area contributed by atoms with Crippen molar-refractivity contribution < 1.29 is 14.9 Å². The highest BCUT2D eigenvalue weighted by atomic mass is 16.5. The van der Waals surface area contributed by atoms with Crippen LogP contribution in [0.4, 0.5) is 5.82 Å². The van der Waals surface area contributed by atoms with Gasteiger partial charge in [0.2, 0.25) is 0 Å². The van der Waals surface area contributed by atoms with Gasteiger partial charge in [0.15, 0.2) is 6.23 Å². The third-order valence-corrected chi connectivity index (χ3v) is 3.61. The highest BCUT2D eigenvalue weighted by Crippen LogP contribution is 2.37. The number of nitrogens with zero attached hydrogens (tertiary/aromatic N) is 3. The van der Waals surface area contributed by atoms with E-state index in [0.717, 1.165) is 11.5 Å². The molecule has 7 nitrogen and oxygen atoms in total. The van der Waals surface area contributed by atoms with Gasteiger partial charge >= 0.3 is 0 Å². The molecule has 1 fully saturated rings. The Morgan fingerprint density at radius 1 is 1.58 bits per heavy atom. The van der Waals surface area contributed by atoms with Crippen LogP contribution in [0.3, 0.4) is 0 Å². The van der Waals surface area contributed by atoms with Crippen LogP contribution in [0.2, 0.25) is 0 Å². The van der Waals surface area contributed by atoms with Crippen LogP contribution < -0.4 is 5.32 Å². The van der Waals surface area contributed by atoms with Crippen LogP contribution in [0, 0.1) is 0 Å². The van der Waals surface area contributed by atoms with Gasteiger partial charge in [0.1, 0.15) is 23.2 Å². The molecule has 0 amide bonds. The average Bonchev–Trinajstić information content (AvgIpc) is 2.92. The zero-order valence-corrected chi connectivity index (χ0v) is 10.9. The Kier molecular flexibility index (Phi) is 2.84. The predicted molar refractivity (Wildman–Crippen MR) is 69.0 cm³/mol. The fraction of sp³-hybridized carbons (Fsp3) is 0.667. The number of aromatic nitrogens is 2. The number of anilines is 1. The van der Waals surface area contributed by atoms with E-state index in [2.05, 4.69) is 15.3 Å². The fourth-order valence-electron chi connectivity index (χ4n) is 2.56. The molecule has 1 aromatic heterocycles. The molecule has 1 aromatic rings. The molecule has 1 saturated heterocycles. The first-order chi connectivity index (χ1) is 9.03. The van der Waals surface area contributed by atoms with E-state index in [1.807, 2.05) is 13.8 Å². The van der Waals surface area contributed by atoms with Gasteiger partial charge in [0.05, 0.1) is 25.4 Å². The van der Waals surface area contributed by atoms with E-state index in [9.17, 15) is 5.11 Å². The van der Waals surface area contributed by atoms with Crippen molar-refractivity contribution in [2.75, 3.05) is 11.9 Å². The van der Waals surface area contributed by atoms with E-state index in [1.54, 1.807) is 17.2 Å². The number of rotatable bonds is 2. The first-order valence-electron chi connectivity index (χ1n) is 6.35. The third-order valence-electron chi connectivity index (χ3n) is 3.61. The number of aliphatic hydroxyl groups is 2. The quantitative estimate of drug-likeness (QED) is 0.712. The lowest BCUT2D eigenvalue weighted by Crippen LogP contribution is -2.26. The summed E-state index contributed by atoms with van der Waals surface area (Å²) in [5.41, 5.74) is 0.421. The Labute approximate surface area is 110 Å². The average molecular weight is 266 g/mol. The molecule has 7 heteroatoms. The number of aliphatic hydroxyl groups excluding tert-OH is 2. The summed E-state index contributed by atoms with van der Waals surface area (Å²) in [5, 5.41) is 22.2. The minimum absolute atomic E-state index is 0.0924. The van der Waals surface area contributed by atoms with E-state index in [0.29, 0.717) is 6.42 Å². The van der Waals surface area contributed by atoms with Gasteiger partial charge in [-0.25, -0.2) is 4.98 Å². The molecule has 3 unspecified atom stereocenters. The zero-order valence-electron chi connectivity index (χ0n) is 10.9. The Hall–Kier alpha value is -1.44. The number of nitrogens with one attached hydrogen (secondary N) is 1. The van der Waals surface area contributed by atoms with Crippen LogP contribution in [0.1, 0.15) is 32.2 Å². The first-order valence-corrected chi connectivity index (χ1v) is 6.35. The Balaban J connectivity index is 1.94. The van der Waals surface area contributed by atoms with Crippen molar-refractivity contribution in [3.05, 3.63) is 12.0 Å². The zero-order chi connectivity index (χ0) is 13.6. The van der Waals surface area contributed by atoms with Crippen molar-refractivity contribution >= 4 is 12.2 Å². The predicted octanol–water partition coefficient (Wildman–Crippen LogP) is 0.213. The van der Waals surface area contributed by atoms with Crippen molar-refractivity contribution in [2.45, 2.75) is 44.2 Å². The summed E-state index contributed by atoms with van der Waals surface area (Å²) in [6, 6.07) is 0. The van der Waals surface area contributed by atoms with Gasteiger partial charge < -0.3 is 20.3 Å². The Morgan fingerprint density at radius 3 is 3.05 bits per heavy atom. The van der Waals surface area contributed by atoms with Crippen LogP contribution in [-0.4, -0.2) is 44.9 Å². The molecule has 3 heterocycles. The SMILES string of the molecule is CC1(C)N=CNc2c1ncn2C1OC(CO)CC1O. The summed E-state index contributed by atoms with van der Waals surface area (Å²) in [6.45, 7) is 3.86. The molecular weight excluding hydrogens is 248 g/mol. The van der Waals surface area contributed by atoms with Crippen molar-refractivity contribution in [1.82, 2.24) is 9.55 Å². The lowest BCUT2D eigenvalue weighted by atomic mass is 10.0. The van der Waals surface area contributed by atoms with Gasteiger partial charge in [-0.05, 0) is 13.8 Å². The summed E-state index contributed by atoms with van der Waals surface area (Å²) in [6.07, 6.45) is 2.18. The van der Waals surface area contributed by atoms with Gasteiger partial charge in [0.25, 0.3) is 0 Å². The standard InChI is InChI=1S/C12H18N4O3/c1-12(2)9-10(13-5-15-12)16(6-14-9)11-8(18)3-7(4-17)19-11/h5-8,11,17-18H,3-4H2,1-2H3,(H,13,15). The fourth-order valence-corrected chi connectivity index (χ4v) is 2.56. The second-order valence-corrected chi connectivity index (χ2v) is 5.44. The van der Waals surface area contributed by atoms with Gasteiger partial charge in [0, 0.05) is 6.42 Å². The molecule has 2 aliphatic heterocycles. The number of fused-ring (bicyclic) bond motifs is 1. The van der Waals surface area contributed by atoms with Crippen molar-refractivity contribution in [2.24, 2.45) is 4.99 Å². The topological polar surface area (TPSA) is 91.9 Å². The molecular formula is C12H18N4O3. The maximum absolute atomic E-state index is 10.0. The molecule has 0 bridgehead atoms. The monoisotopic (exact) mass is 266 g/mol. The van der Waals surface area contributed by atoms with Crippen LogP contribution in [0.25, 0.3) is 0 Å². The molecule has 104 valence electrons. The molecule has 0 aliphatic carbocycles. The van der Waals surface area contributed by atoms with Crippen LogP contribution in [0.5, 0.6) is 0 Å². The van der Waals surface area contributed by atoms with Crippen LogP contribution in [0.15, 0.2) is 11.3 Å². The second kappa shape index (κ2) is 4.29. The minimum Gasteiger partial charge on any atom is -0.394 e. The molecule has 3 atom stereocenters. The van der Waals surface area contributed by atoms with E-state index in [1.165, 1.54) is 0 Å². The number of aliphatic imine (C=N–C) groups is 1. The summed E-state index contributed by atoms with van der Waals surface area (Å²) < 4.78 is 7.41.